The Hall–Kier alpha value is -3.65. The van der Waals surface area contributed by atoms with Crippen molar-refractivity contribution in [2.24, 2.45) is 0 Å². The molecule has 0 radical (unpaired) electrons. The molecule has 1 N–H and O–H groups in total. The minimum Gasteiger partial charge on any atom is -0.352 e. The quantitative estimate of drug-likeness (QED) is 0.381. The van der Waals surface area contributed by atoms with E-state index in [-0.39, 0.29) is 23.4 Å². The third-order valence-corrected chi connectivity index (χ3v) is 7.98. The fourth-order valence-corrected chi connectivity index (χ4v) is 5.65. The summed E-state index contributed by atoms with van der Waals surface area (Å²) in [7, 11) is -4.06. The molecule has 38 heavy (non-hydrogen) atoms. The van der Waals surface area contributed by atoms with E-state index < -0.39 is 28.5 Å². The first-order valence-electron chi connectivity index (χ1n) is 12.8. The number of aryl methyl sites for hydroxylation is 2. The van der Waals surface area contributed by atoms with Crippen LogP contribution in [-0.4, -0.2) is 43.8 Å². The molecule has 0 aromatic heterocycles. The van der Waals surface area contributed by atoms with E-state index in [1.54, 1.807) is 36.4 Å². The number of carbonyl (C=O) groups excluding carboxylic acids is 2. The van der Waals surface area contributed by atoms with E-state index in [1.165, 1.54) is 17.0 Å². The highest BCUT2D eigenvalue weighted by Crippen LogP contribution is 2.25. The molecule has 1 atom stereocenters. The predicted octanol–water partition coefficient (Wildman–Crippen LogP) is 4.83. The molecule has 0 bridgehead atoms. The van der Waals surface area contributed by atoms with Gasteiger partial charge in [0.05, 0.1) is 10.6 Å². The van der Waals surface area contributed by atoms with Crippen LogP contribution in [0.2, 0.25) is 0 Å². The minimum atomic E-state index is -4.06. The average molecular weight is 536 g/mol. The van der Waals surface area contributed by atoms with E-state index in [2.05, 4.69) is 5.32 Å². The second-order valence-corrected chi connectivity index (χ2v) is 11.6. The summed E-state index contributed by atoms with van der Waals surface area (Å²) in [6.07, 6.45) is 0.381. The molecule has 0 saturated carbocycles. The van der Waals surface area contributed by atoms with Gasteiger partial charge in [-0.05, 0) is 69.5 Å². The second-order valence-electron chi connectivity index (χ2n) is 9.76. The Bertz CT molecular complexity index is 1340. The fourth-order valence-electron chi connectivity index (χ4n) is 4.22. The highest BCUT2D eigenvalue weighted by molar-refractivity contribution is 7.92. The number of hydrogen-bond acceptors (Lipinski definition) is 4. The van der Waals surface area contributed by atoms with Gasteiger partial charge in [0.2, 0.25) is 11.8 Å². The Morgan fingerprint density at radius 3 is 2.11 bits per heavy atom. The lowest BCUT2D eigenvalue weighted by Crippen LogP contribution is -2.53. The molecule has 8 heteroatoms. The molecule has 0 fully saturated rings. The van der Waals surface area contributed by atoms with Gasteiger partial charge >= 0.3 is 0 Å². The number of nitrogens with one attached hydrogen (secondary N) is 1. The second kappa shape index (κ2) is 12.7. The lowest BCUT2D eigenvalue weighted by atomic mass is 10.1. The van der Waals surface area contributed by atoms with Crippen LogP contribution in [0.3, 0.4) is 0 Å². The molecule has 202 valence electrons. The summed E-state index contributed by atoms with van der Waals surface area (Å²) in [6.45, 7) is 9.15. The van der Waals surface area contributed by atoms with Crippen molar-refractivity contribution in [3.8, 4) is 0 Å². The molecule has 0 spiro atoms. The normalized spacial score (nSPS) is 12.2. The monoisotopic (exact) mass is 535 g/mol. The first-order valence-corrected chi connectivity index (χ1v) is 14.3. The maximum Gasteiger partial charge on any atom is 0.264 e. The summed E-state index contributed by atoms with van der Waals surface area (Å²) in [5.41, 5.74) is 3.18. The highest BCUT2D eigenvalue weighted by Gasteiger charge is 2.33. The molecular weight excluding hydrogens is 498 g/mol. The van der Waals surface area contributed by atoms with Gasteiger partial charge in [0.15, 0.2) is 0 Å². The molecule has 2 amide bonds. The Morgan fingerprint density at radius 1 is 0.868 bits per heavy atom. The zero-order valence-corrected chi connectivity index (χ0v) is 23.5. The maximum atomic E-state index is 14.0. The number of carbonyl (C=O) groups is 2. The van der Waals surface area contributed by atoms with E-state index in [4.69, 9.17) is 0 Å². The first kappa shape index (κ1) is 28.9. The number of hydrogen-bond donors (Lipinski definition) is 1. The third-order valence-electron chi connectivity index (χ3n) is 6.19. The Balaban J connectivity index is 2.05. The summed E-state index contributed by atoms with van der Waals surface area (Å²) < 4.78 is 28.7. The number of amides is 2. The van der Waals surface area contributed by atoms with Crippen LogP contribution in [0.15, 0.2) is 83.8 Å². The summed E-state index contributed by atoms with van der Waals surface area (Å²) in [5, 5.41) is 2.91. The molecule has 3 aromatic carbocycles. The summed E-state index contributed by atoms with van der Waals surface area (Å²) >= 11 is 0. The van der Waals surface area contributed by atoms with Crippen LogP contribution in [0, 0.1) is 13.8 Å². The van der Waals surface area contributed by atoms with Gasteiger partial charge < -0.3 is 10.2 Å². The van der Waals surface area contributed by atoms with E-state index in [0.717, 1.165) is 21.0 Å². The van der Waals surface area contributed by atoms with E-state index in [9.17, 15) is 18.0 Å². The Labute approximate surface area is 226 Å². The first-order chi connectivity index (χ1) is 18.0. The van der Waals surface area contributed by atoms with E-state index >= 15 is 0 Å². The average Bonchev–Trinajstić information content (AvgIpc) is 2.88. The summed E-state index contributed by atoms with van der Waals surface area (Å²) in [6, 6.07) is 22.0. The van der Waals surface area contributed by atoms with Crippen molar-refractivity contribution >= 4 is 27.5 Å². The largest absolute Gasteiger partial charge is 0.352 e. The van der Waals surface area contributed by atoms with Gasteiger partial charge in [-0.2, -0.15) is 0 Å². The van der Waals surface area contributed by atoms with Gasteiger partial charge in [-0.3, -0.25) is 13.9 Å². The van der Waals surface area contributed by atoms with Gasteiger partial charge in [-0.15, -0.1) is 0 Å². The lowest BCUT2D eigenvalue weighted by molar-refractivity contribution is -0.140. The molecular formula is C30H37N3O4S. The number of benzene rings is 3. The fraction of sp³-hybridized carbons (Fsp3) is 0.333. The van der Waals surface area contributed by atoms with Crippen molar-refractivity contribution in [2.45, 2.75) is 64.6 Å². The topological polar surface area (TPSA) is 86.8 Å². The van der Waals surface area contributed by atoms with Gasteiger partial charge in [0, 0.05) is 12.6 Å². The lowest BCUT2D eigenvalue weighted by Gasteiger charge is -2.33. The van der Waals surface area contributed by atoms with Gasteiger partial charge in [-0.25, -0.2) is 8.42 Å². The third kappa shape index (κ3) is 7.22. The maximum absolute atomic E-state index is 14.0. The molecule has 7 nitrogen and oxygen atoms in total. The molecule has 0 unspecified atom stereocenters. The summed E-state index contributed by atoms with van der Waals surface area (Å²) in [5.74, 6) is -0.728. The predicted molar refractivity (Wildman–Crippen MR) is 151 cm³/mol. The molecule has 3 rings (SSSR count). The standard InChI is InChI=1S/C30H37N3O4S/c1-6-28(30(35)31-22(2)3)32(20-25-17-15-23(4)16-18-25)29(34)21-33(26-12-10-11-24(5)19-26)38(36,37)27-13-8-7-9-14-27/h7-19,22,28H,6,20-21H2,1-5H3,(H,31,35)/t28-/m1/s1. The van der Waals surface area contributed by atoms with Crippen LogP contribution in [0.1, 0.15) is 43.9 Å². The molecule has 0 aliphatic carbocycles. The SMILES string of the molecule is CC[C@H](C(=O)NC(C)C)N(Cc1ccc(C)cc1)C(=O)CN(c1cccc(C)c1)S(=O)(=O)c1ccccc1. The van der Waals surface area contributed by atoms with Crippen molar-refractivity contribution in [3.63, 3.8) is 0 Å². The van der Waals surface area contributed by atoms with Crippen LogP contribution in [0.4, 0.5) is 5.69 Å². The van der Waals surface area contributed by atoms with Gasteiger partial charge in [0.25, 0.3) is 10.0 Å². The summed E-state index contributed by atoms with van der Waals surface area (Å²) in [4.78, 5) is 28.7. The zero-order chi connectivity index (χ0) is 27.9. The van der Waals surface area contributed by atoms with Crippen LogP contribution in [0.25, 0.3) is 0 Å². The molecule has 0 heterocycles. The van der Waals surface area contributed by atoms with Crippen LogP contribution < -0.4 is 9.62 Å². The van der Waals surface area contributed by atoms with E-state index in [1.807, 2.05) is 65.0 Å². The number of sulfonamides is 1. The van der Waals surface area contributed by atoms with Crippen molar-refractivity contribution in [3.05, 3.63) is 95.6 Å². The van der Waals surface area contributed by atoms with Crippen molar-refractivity contribution < 1.29 is 18.0 Å². The zero-order valence-electron chi connectivity index (χ0n) is 22.7. The van der Waals surface area contributed by atoms with Crippen molar-refractivity contribution in [1.29, 1.82) is 0 Å². The number of anilines is 1. The van der Waals surface area contributed by atoms with Crippen LogP contribution in [-0.2, 0) is 26.2 Å². The number of rotatable bonds is 11. The molecule has 0 saturated heterocycles. The van der Waals surface area contributed by atoms with E-state index in [0.29, 0.717) is 12.1 Å². The van der Waals surface area contributed by atoms with Crippen molar-refractivity contribution in [1.82, 2.24) is 10.2 Å². The number of nitrogens with zero attached hydrogens (tertiary/aromatic N) is 2. The Kier molecular flexibility index (Phi) is 9.69. The smallest absolute Gasteiger partial charge is 0.264 e. The minimum absolute atomic E-state index is 0.0870. The van der Waals surface area contributed by atoms with Crippen LogP contribution in [0.5, 0.6) is 0 Å². The molecule has 0 aliphatic heterocycles. The van der Waals surface area contributed by atoms with Gasteiger partial charge in [-0.1, -0.05) is 67.1 Å². The Morgan fingerprint density at radius 2 is 1.53 bits per heavy atom. The van der Waals surface area contributed by atoms with Crippen LogP contribution >= 0.6 is 0 Å². The molecule has 3 aromatic rings. The van der Waals surface area contributed by atoms with Gasteiger partial charge in [0.1, 0.15) is 12.6 Å². The van der Waals surface area contributed by atoms with Crippen molar-refractivity contribution in [2.75, 3.05) is 10.8 Å². The molecule has 0 aliphatic rings. The highest BCUT2D eigenvalue weighted by atomic mass is 32.2.